The Bertz CT molecular complexity index is 265. The Balaban J connectivity index is 0.00000121. The van der Waals surface area contributed by atoms with E-state index in [2.05, 4.69) is 5.16 Å². The van der Waals surface area contributed by atoms with Crippen molar-refractivity contribution in [2.24, 2.45) is 5.16 Å². The number of hydrogen-bond acceptors (Lipinski definition) is 3. The van der Waals surface area contributed by atoms with Gasteiger partial charge >= 0.3 is 68.9 Å². The molecule has 0 saturated carbocycles. The van der Waals surface area contributed by atoms with Gasteiger partial charge in [-0.15, -0.1) is 0 Å². The summed E-state index contributed by atoms with van der Waals surface area (Å²) in [6.45, 7) is 3.40. The summed E-state index contributed by atoms with van der Waals surface area (Å²) in [5.41, 5.74) is 1.67. The average molecular weight is 283 g/mol. The van der Waals surface area contributed by atoms with Crippen LogP contribution >= 0.6 is 0 Å². The number of nitrogens with zero attached hydrogens (tertiary/aromatic N) is 1. The first-order chi connectivity index (χ1) is 5.15. The Morgan fingerprint density at radius 3 is 2.00 bits per heavy atom. The quantitative estimate of drug-likeness (QED) is 0.397. The van der Waals surface area contributed by atoms with E-state index in [1.807, 2.05) is 0 Å². The molecule has 0 amide bonds. The summed E-state index contributed by atoms with van der Waals surface area (Å²) < 4.78 is 0. The van der Waals surface area contributed by atoms with Gasteiger partial charge in [0.05, 0.1) is 5.71 Å². The molecule has 0 unspecified atom stereocenters. The van der Waals surface area contributed by atoms with Gasteiger partial charge in [-0.05, 0) is 37.1 Å². The average Bonchev–Trinajstić information content (AvgIpc) is 1.85. The molecule has 0 bridgehead atoms. The Kier molecular flexibility index (Phi) is 5.72. The van der Waals surface area contributed by atoms with E-state index >= 15 is 0 Å². The van der Waals surface area contributed by atoms with Gasteiger partial charge in [0.15, 0.2) is 5.78 Å². The van der Waals surface area contributed by atoms with Crippen molar-refractivity contribution in [2.75, 3.05) is 0 Å². The first-order valence-corrected chi connectivity index (χ1v) is 3.27. The van der Waals surface area contributed by atoms with Gasteiger partial charge < -0.3 is 10.4 Å². The molecule has 12 heavy (non-hydrogen) atoms. The summed E-state index contributed by atoms with van der Waals surface area (Å²) in [6, 6.07) is 0. The Labute approximate surface area is 130 Å². The minimum Gasteiger partial charge on any atom is -0.792 e. The maximum Gasteiger partial charge on any atom is 1.00 e. The van der Waals surface area contributed by atoms with Crippen LogP contribution in [-0.2, 0) is 4.79 Å². The number of ketones is 1. The van der Waals surface area contributed by atoms with Crippen molar-refractivity contribution in [2.45, 2.75) is 13.8 Å². The van der Waals surface area contributed by atoms with E-state index in [9.17, 15) is 10.0 Å². The van der Waals surface area contributed by atoms with Gasteiger partial charge in [-0.1, -0.05) is 0 Å². The van der Waals surface area contributed by atoms with Crippen molar-refractivity contribution >= 4 is 11.5 Å². The molecule has 0 atom stereocenters. The van der Waals surface area contributed by atoms with E-state index in [0.29, 0.717) is 16.9 Å². The predicted octanol–water partition coefficient (Wildman–Crippen LogP) is -1.60. The van der Waals surface area contributed by atoms with E-state index in [1.54, 1.807) is 13.8 Å². The zero-order valence-corrected chi connectivity index (χ0v) is 13.7. The number of hydrogen-bond donors (Lipinski definition) is 0. The van der Waals surface area contributed by atoms with Crippen molar-refractivity contribution in [1.82, 2.24) is 0 Å². The molecule has 1 aliphatic rings. The Morgan fingerprint density at radius 2 is 1.67 bits per heavy atom. The number of carbonyl (C=O) groups excluding carboxylic acids is 1. The summed E-state index contributed by atoms with van der Waals surface area (Å²) in [5.74, 6) is -0.0765. The molecule has 0 spiro atoms. The second-order valence-electron chi connectivity index (χ2n) is 2.50. The van der Waals surface area contributed by atoms with Crippen LogP contribution in [0.1, 0.15) is 13.8 Å². The summed E-state index contributed by atoms with van der Waals surface area (Å²) in [4.78, 5) is 10.8. The molecule has 58 valence electrons. The van der Waals surface area contributed by atoms with Crippen molar-refractivity contribution in [3.05, 3.63) is 28.5 Å². The van der Waals surface area contributed by atoms with Gasteiger partial charge in [-0.25, -0.2) is 0 Å². The normalized spacial score (nSPS) is 16.2. The smallest absolute Gasteiger partial charge is 0.792 e. The molecule has 1 aliphatic carbocycles. The van der Waals surface area contributed by atoms with Crippen LogP contribution in [0.15, 0.2) is 28.5 Å². The molecule has 0 aromatic heterocycles. The SMILES string of the molecule is CC1=CC(=O)C=C(C)C1=N[O-].[Cs+]. The summed E-state index contributed by atoms with van der Waals surface area (Å²) in [5, 5.41) is 13.0. The minimum absolute atomic E-state index is 0. The largest absolute Gasteiger partial charge is 1.00 e. The van der Waals surface area contributed by atoms with Crippen LogP contribution in [0.4, 0.5) is 0 Å². The van der Waals surface area contributed by atoms with E-state index in [0.717, 1.165) is 0 Å². The van der Waals surface area contributed by atoms with Crippen LogP contribution in [0.25, 0.3) is 0 Å². The first kappa shape index (κ1) is 12.7. The second-order valence-corrected chi connectivity index (χ2v) is 2.50. The maximum atomic E-state index is 10.8. The third-order valence-electron chi connectivity index (χ3n) is 1.56. The van der Waals surface area contributed by atoms with Crippen molar-refractivity contribution in [3.8, 4) is 0 Å². The molecule has 4 heteroatoms. The summed E-state index contributed by atoms with van der Waals surface area (Å²) in [6.07, 6.45) is 2.81. The van der Waals surface area contributed by atoms with E-state index in [-0.39, 0.29) is 74.7 Å². The van der Waals surface area contributed by atoms with E-state index < -0.39 is 0 Å². The van der Waals surface area contributed by atoms with Crippen LogP contribution in [0.2, 0.25) is 0 Å². The molecule has 0 radical (unpaired) electrons. The van der Waals surface area contributed by atoms with Gasteiger partial charge in [0.1, 0.15) is 0 Å². The van der Waals surface area contributed by atoms with Gasteiger partial charge in [0.2, 0.25) is 0 Å². The summed E-state index contributed by atoms with van der Waals surface area (Å²) in [7, 11) is 0. The molecule has 0 aromatic carbocycles. The number of carbonyl (C=O) groups is 1. The Hall–Kier alpha value is 0.672. The van der Waals surface area contributed by atoms with Gasteiger partial charge in [-0.2, -0.15) is 0 Å². The van der Waals surface area contributed by atoms with Gasteiger partial charge in [0, 0.05) is 0 Å². The zero-order valence-electron chi connectivity index (χ0n) is 7.42. The predicted molar refractivity (Wildman–Crippen MR) is 43.3 cm³/mol. The Morgan fingerprint density at radius 1 is 1.25 bits per heavy atom. The maximum absolute atomic E-state index is 10.8. The fraction of sp³-hybridized carbons (Fsp3) is 0.250. The van der Waals surface area contributed by atoms with Crippen LogP contribution < -0.4 is 68.9 Å². The molecule has 3 nitrogen and oxygen atoms in total. The first-order valence-electron chi connectivity index (χ1n) is 3.27. The third kappa shape index (κ3) is 2.86. The number of rotatable bonds is 0. The molecular formula is C8H8CsNO2. The monoisotopic (exact) mass is 283 g/mol. The second kappa shape index (κ2) is 5.41. The molecule has 0 heterocycles. The van der Waals surface area contributed by atoms with E-state index in [1.165, 1.54) is 12.2 Å². The molecule has 0 fully saturated rings. The van der Waals surface area contributed by atoms with Gasteiger partial charge in [-0.3, -0.25) is 4.79 Å². The fourth-order valence-electron chi connectivity index (χ4n) is 1.06. The minimum atomic E-state index is -0.0765. The summed E-state index contributed by atoms with van der Waals surface area (Å²) >= 11 is 0. The molecule has 0 saturated heterocycles. The van der Waals surface area contributed by atoms with Gasteiger partial charge in [0.25, 0.3) is 0 Å². The molecule has 1 rings (SSSR count). The number of allylic oxidation sites excluding steroid dienone is 4. The van der Waals surface area contributed by atoms with Crippen LogP contribution in [0.5, 0.6) is 0 Å². The van der Waals surface area contributed by atoms with Crippen molar-refractivity contribution < 1.29 is 73.7 Å². The van der Waals surface area contributed by atoms with Crippen molar-refractivity contribution in [3.63, 3.8) is 0 Å². The van der Waals surface area contributed by atoms with E-state index in [4.69, 9.17) is 0 Å². The standard InChI is InChI=1S/C8H9NO2.Cs/c1-5-3-7(10)4-6(2)8(5)9-11;/h3-4,11H,1-2H3;/q;+1/p-1. The third-order valence-corrected chi connectivity index (χ3v) is 1.56. The molecular weight excluding hydrogens is 275 g/mol. The topological polar surface area (TPSA) is 52.5 Å². The van der Waals surface area contributed by atoms with Crippen LogP contribution in [-0.4, -0.2) is 11.5 Å². The molecule has 0 aliphatic heterocycles. The molecule has 0 aromatic rings. The van der Waals surface area contributed by atoms with Crippen LogP contribution in [0, 0.1) is 5.21 Å². The zero-order chi connectivity index (χ0) is 8.43. The molecule has 0 N–H and O–H groups in total. The van der Waals surface area contributed by atoms with Crippen molar-refractivity contribution in [1.29, 1.82) is 0 Å². The fourth-order valence-corrected chi connectivity index (χ4v) is 1.06. The van der Waals surface area contributed by atoms with Crippen LogP contribution in [0.3, 0.4) is 0 Å².